The summed E-state index contributed by atoms with van der Waals surface area (Å²) in [6, 6.07) is 2.72. The lowest BCUT2D eigenvalue weighted by molar-refractivity contribution is 0.108. The average Bonchev–Trinajstić information content (AvgIpc) is 2.29. The highest BCUT2D eigenvalue weighted by Crippen LogP contribution is 2.21. The number of rotatable bonds is 2. The normalized spacial score (nSPS) is 22.6. The van der Waals surface area contributed by atoms with Gasteiger partial charge in [-0.15, -0.1) is 0 Å². The molecule has 1 aromatic rings. The average molecular weight is 277 g/mol. The van der Waals surface area contributed by atoms with Gasteiger partial charge in [0.25, 0.3) is 0 Å². The molecule has 1 fully saturated rings. The fourth-order valence-corrected chi connectivity index (χ4v) is 3.60. The maximum Gasteiger partial charge on any atom is 0.243 e. The Bertz CT molecular complexity index is 506. The number of aliphatic hydroxyl groups excluding tert-OH is 1. The van der Waals surface area contributed by atoms with E-state index in [1.165, 1.54) is 22.6 Å². The van der Waals surface area contributed by atoms with Gasteiger partial charge in [-0.05, 0) is 25.0 Å². The Kier molecular flexibility index (Phi) is 3.67. The molecule has 2 rings (SSSR count). The van der Waals surface area contributed by atoms with Crippen LogP contribution < -0.4 is 0 Å². The van der Waals surface area contributed by atoms with Gasteiger partial charge in [-0.3, -0.25) is 0 Å². The van der Waals surface area contributed by atoms with Crippen LogP contribution in [0.1, 0.15) is 12.8 Å². The molecule has 94 valence electrons. The van der Waals surface area contributed by atoms with Crippen LogP contribution in [0.5, 0.6) is 0 Å². The summed E-state index contributed by atoms with van der Waals surface area (Å²) >= 11 is 5.68. The molecular formula is C10H13ClN2O3S. The van der Waals surface area contributed by atoms with Crippen molar-refractivity contribution < 1.29 is 13.5 Å². The molecule has 17 heavy (non-hydrogen) atoms. The first-order valence-corrected chi connectivity index (χ1v) is 7.12. The van der Waals surface area contributed by atoms with E-state index >= 15 is 0 Å². The zero-order chi connectivity index (χ0) is 12.5. The van der Waals surface area contributed by atoms with Crippen molar-refractivity contribution in [2.75, 3.05) is 13.1 Å². The minimum Gasteiger partial charge on any atom is -0.392 e. The Hall–Kier alpha value is -0.690. The number of β-amino-alcohol motifs (C(OH)–C–C–N with tert-alkyl or cyclic N) is 1. The highest BCUT2D eigenvalue weighted by molar-refractivity contribution is 7.89. The van der Waals surface area contributed by atoms with Crippen LogP contribution in [-0.2, 0) is 10.0 Å². The van der Waals surface area contributed by atoms with Crippen molar-refractivity contribution in [3.63, 3.8) is 0 Å². The van der Waals surface area contributed by atoms with E-state index in [1.807, 2.05) is 0 Å². The first-order valence-electron chi connectivity index (χ1n) is 5.30. The van der Waals surface area contributed by atoms with Gasteiger partial charge in [-0.25, -0.2) is 13.4 Å². The Balaban J connectivity index is 2.29. The van der Waals surface area contributed by atoms with Gasteiger partial charge in [0.15, 0.2) is 0 Å². The quantitative estimate of drug-likeness (QED) is 0.814. The number of sulfonamides is 1. The smallest absolute Gasteiger partial charge is 0.243 e. The molecule has 0 unspecified atom stereocenters. The molecular weight excluding hydrogens is 264 g/mol. The number of hydrogen-bond donors (Lipinski definition) is 1. The van der Waals surface area contributed by atoms with E-state index in [-0.39, 0.29) is 16.6 Å². The largest absolute Gasteiger partial charge is 0.392 e. The van der Waals surface area contributed by atoms with E-state index in [0.29, 0.717) is 19.4 Å². The summed E-state index contributed by atoms with van der Waals surface area (Å²) in [4.78, 5) is 3.86. The number of piperidine rings is 1. The van der Waals surface area contributed by atoms with Crippen LogP contribution in [0.3, 0.4) is 0 Å². The second-order valence-corrected chi connectivity index (χ2v) is 6.30. The van der Waals surface area contributed by atoms with Gasteiger partial charge < -0.3 is 5.11 Å². The van der Waals surface area contributed by atoms with E-state index in [4.69, 9.17) is 11.6 Å². The molecule has 5 nitrogen and oxygen atoms in total. The molecule has 1 aliphatic rings. The lowest BCUT2D eigenvalue weighted by Crippen LogP contribution is -2.42. The Morgan fingerprint density at radius 2 is 2.29 bits per heavy atom. The fourth-order valence-electron chi connectivity index (χ4n) is 1.83. The van der Waals surface area contributed by atoms with Crippen LogP contribution in [0.2, 0.25) is 5.15 Å². The van der Waals surface area contributed by atoms with Crippen molar-refractivity contribution in [1.82, 2.24) is 9.29 Å². The predicted octanol–water partition coefficient (Wildman–Crippen LogP) is 0.880. The lowest BCUT2D eigenvalue weighted by Gasteiger charge is -2.29. The number of hydrogen-bond acceptors (Lipinski definition) is 4. The van der Waals surface area contributed by atoms with Crippen LogP contribution >= 0.6 is 11.6 Å². The summed E-state index contributed by atoms with van der Waals surface area (Å²) in [6.07, 6.45) is 2.08. The van der Waals surface area contributed by atoms with Gasteiger partial charge in [-0.1, -0.05) is 11.6 Å². The fraction of sp³-hybridized carbons (Fsp3) is 0.500. The maximum atomic E-state index is 12.2. The summed E-state index contributed by atoms with van der Waals surface area (Å²) in [5.74, 6) is 0. The van der Waals surface area contributed by atoms with Gasteiger partial charge in [0.05, 0.1) is 11.0 Å². The van der Waals surface area contributed by atoms with E-state index in [9.17, 15) is 13.5 Å². The highest BCUT2D eigenvalue weighted by Gasteiger charge is 2.29. The van der Waals surface area contributed by atoms with Crippen molar-refractivity contribution in [3.8, 4) is 0 Å². The van der Waals surface area contributed by atoms with Gasteiger partial charge >= 0.3 is 0 Å². The van der Waals surface area contributed by atoms with Crippen LogP contribution in [-0.4, -0.2) is 42.0 Å². The number of nitrogens with zero attached hydrogens (tertiary/aromatic N) is 2. The van der Waals surface area contributed by atoms with E-state index in [0.717, 1.165) is 0 Å². The highest BCUT2D eigenvalue weighted by atomic mass is 35.5. The molecule has 0 aromatic carbocycles. The van der Waals surface area contributed by atoms with E-state index in [1.54, 1.807) is 0 Å². The first-order chi connectivity index (χ1) is 8.00. The van der Waals surface area contributed by atoms with Crippen LogP contribution in [0.25, 0.3) is 0 Å². The summed E-state index contributed by atoms with van der Waals surface area (Å²) < 4.78 is 25.7. The first kappa shape index (κ1) is 12.8. The summed E-state index contributed by atoms with van der Waals surface area (Å²) in [7, 11) is -3.57. The lowest BCUT2D eigenvalue weighted by atomic mass is 10.1. The molecule has 1 atom stereocenters. The Morgan fingerprint density at radius 3 is 2.94 bits per heavy atom. The molecule has 1 aliphatic heterocycles. The van der Waals surface area contributed by atoms with E-state index < -0.39 is 16.1 Å². The molecule has 1 aromatic heterocycles. The molecule has 0 spiro atoms. The van der Waals surface area contributed by atoms with Crippen molar-refractivity contribution in [2.24, 2.45) is 0 Å². The molecule has 1 N–H and O–H groups in total. The van der Waals surface area contributed by atoms with Crippen LogP contribution in [0.4, 0.5) is 0 Å². The molecule has 2 heterocycles. The summed E-state index contributed by atoms with van der Waals surface area (Å²) in [5, 5.41) is 9.64. The number of halogens is 1. The predicted molar refractivity (Wildman–Crippen MR) is 63.2 cm³/mol. The third-order valence-corrected chi connectivity index (χ3v) is 4.76. The molecule has 7 heteroatoms. The number of aromatic nitrogens is 1. The number of pyridine rings is 1. The van der Waals surface area contributed by atoms with Gasteiger partial charge in [0.2, 0.25) is 10.0 Å². The molecule has 1 saturated heterocycles. The summed E-state index contributed by atoms with van der Waals surface area (Å²) in [5.41, 5.74) is 0. The molecule has 0 aliphatic carbocycles. The van der Waals surface area contributed by atoms with Gasteiger partial charge in [0.1, 0.15) is 5.15 Å². The Morgan fingerprint density at radius 1 is 1.53 bits per heavy atom. The van der Waals surface area contributed by atoms with Crippen molar-refractivity contribution in [2.45, 2.75) is 23.8 Å². The molecule has 0 saturated carbocycles. The van der Waals surface area contributed by atoms with Crippen molar-refractivity contribution in [3.05, 3.63) is 23.5 Å². The topological polar surface area (TPSA) is 70.5 Å². The van der Waals surface area contributed by atoms with Crippen molar-refractivity contribution >= 4 is 21.6 Å². The molecule has 0 radical (unpaired) electrons. The monoisotopic (exact) mass is 276 g/mol. The zero-order valence-corrected chi connectivity index (χ0v) is 10.7. The number of aliphatic hydroxyl groups is 1. The van der Waals surface area contributed by atoms with Crippen LogP contribution in [0.15, 0.2) is 23.2 Å². The van der Waals surface area contributed by atoms with Crippen molar-refractivity contribution in [1.29, 1.82) is 0 Å². The maximum absolute atomic E-state index is 12.2. The standard InChI is InChI=1S/C10H13ClN2O3S/c11-10-6-9(3-4-12-10)17(15,16)13-5-1-2-8(14)7-13/h3-4,6,8,14H,1-2,5,7H2/t8-/m0/s1. The zero-order valence-electron chi connectivity index (χ0n) is 9.08. The van der Waals surface area contributed by atoms with Crippen LogP contribution in [0, 0.1) is 0 Å². The SMILES string of the molecule is O=S(=O)(c1ccnc(Cl)c1)N1CCC[C@H](O)C1. The Labute approximate surface area is 105 Å². The summed E-state index contributed by atoms with van der Waals surface area (Å²) in [6.45, 7) is 0.571. The van der Waals surface area contributed by atoms with Gasteiger partial charge in [-0.2, -0.15) is 4.31 Å². The van der Waals surface area contributed by atoms with E-state index in [2.05, 4.69) is 4.98 Å². The second kappa shape index (κ2) is 4.89. The third-order valence-electron chi connectivity index (χ3n) is 2.70. The molecule has 0 bridgehead atoms. The second-order valence-electron chi connectivity index (χ2n) is 3.97. The van der Waals surface area contributed by atoms with Gasteiger partial charge in [0, 0.05) is 19.3 Å². The third kappa shape index (κ3) is 2.77. The molecule has 0 amide bonds. The minimum absolute atomic E-state index is 0.117. The minimum atomic E-state index is -3.57.